The third-order valence-electron chi connectivity index (χ3n) is 3.56. The first kappa shape index (κ1) is 15.3. The smallest absolute Gasteiger partial charge is 0.252 e. The average molecular weight is 285 g/mol. The Balaban J connectivity index is 2.18. The summed E-state index contributed by atoms with van der Waals surface area (Å²) in [5, 5.41) is 3.30. The zero-order chi connectivity index (χ0) is 15.4. The van der Waals surface area contributed by atoms with Crippen LogP contribution in [0.4, 0.5) is 5.82 Å². The van der Waals surface area contributed by atoms with Gasteiger partial charge in [-0.2, -0.15) is 0 Å². The highest BCUT2D eigenvalue weighted by Crippen LogP contribution is 2.18. The van der Waals surface area contributed by atoms with Crippen molar-refractivity contribution in [2.75, 3.05) is 5.32 Å². The predicted octanol–water partition coefficient (Wildman–Crippen LogP) is 3.63. The van der Waals surface area contributed by atoms with Crippen molar-refractivity contribution in [3.63, 3.8) is 0 Å². The first-order chi connectivity index (χ1) is 9.99. The van der Waals surface area contributed by atoms with E-state index in [1.807, 2.05) is 13.8 Å². The van der Waals surface area contributed by atoms with E-state index in [1.165, 1.54) is 17.2 Å². The molecule has 1 aromatic carbocycles. The van der Waals surface area contributed by atoms with Crippen LogP contribution in [-0.4, -0.2) is 9.97 Å². The fourth-order valence-corrected chi connectivity index (χ4v) is 2.17. The van der Waals surface area contributed by atoms with Crippen LogP contribution in [-0.2, 0) is 6.42 Å². The molecule has 1 heterocycles. The molecular formula is C17H23N3O. The highest BCUT2D eigenvalue weighted by Gasteiger charge is 2.09. The summed E-state index contributed by atoms with van der Waals surface area (Å²) >= 11 is 0. The fourth-order valence-electron chi connectivity index (χ4n) is 2.17. The molecule has 0 radical (unpaired) electrons. The van der Waals surface area contributed by atoms with E-state index in [-0.39, 0.29) is 17.5 Å². The molecule has 0 saturated carbocycles. The molecule has 0 aliphatic heterocycles. The Morgan fingerprint density at radius 3 is 2.43 bits per heavy atom. The molecule has 0 aliphatic rings. The van der Waals surface area contributed by atoms with Crippen LogP contribution in [0.3, 0.4) is 0 Å². The molecule has 0 aliphatic carbocycles. The summed E-state index contributed by atoms with van der Waals surface area (Å²) in [6.45, 7) is 8.23. The summed E-state index contributed by atoms with van der Waals surface area (Å²) in [5.41, 5.74) is 2.38. The number of hydrogen-bond acceptors (Lipinski definition) is 3. The molecule has 2 N–H and O–H groups in total. The van der Waals surface area contributed by atoms with Crippen molar-refractivity contribution in [3.8, 4) is 0 Å². The Hall–Kier alpha value is -2.10. The van der Waals surface area contributed by atoms with Crippen molar-refractivity contribution in [1.82, 2.24) is 9.97 Å². The molecule has 0 fully saturated rings. The Kier molecular flexibility index (Phi) is 4.78. The molecule has 0 spiro atoms. The highest BCUT2D eigenvalue weighted by molar-refractivity contribution is 5.38. The number of anilines is 1. The SMILES string of the molecule is CCc1ccc(C(C)Nc2cc(=O)[nH]c(C(C)C)n2)cc1. The molecule has 1 aromatic heterocycles. The number of H-pyrrole nitrogens is 1. The lowest BCUT2D eigenvalue weighted by atomic mass is 10.1. The van der Waals surface area contributed by atoms with Gasteiger partial charge in [-0.25, -0.2) is 4.98 Å². The van der Waals surface area contributed by atoms with Gasteiger partial charge in [-0.1, -0.05) is 45.0 Å². The van der Waals surface area contributed by atoms with Crippen LogP contribution in [0.2, 0.25) is 0 Å². The van der Waals surface area contributed by atoms with Gasteiger partial charge in [0.25, 0.3) is 5.56 Å². The zero-order valence-corrected chi connectivity index (χ0v) is 13.1. The van der Waals surface area contributed by atoms with Gasteiger partial charge in [0.05, 0.1) is 0 Å². The van der Waals surface area contributed by atoms with Crippen LogP contribution in [0.5, 0.6) is 0 Å². The Bertz CT molecular complexity index is 644. The van der Waals surface area contributed by atoms with E-state index in [0.717, 1.165) is 6.42 Å². The lowest BCUT2D eigenvalue weighted by molar-refractivity contribution is 0.761. The quantitative estimate of drug-likeness (QED) is 0.882. The van der Waals surface area contributed by atoms with Gasteiger partial charge in [0.15, 0.2) is 0 Å². The Labute approximate surface area is 125 Å². The van der Waals surface area contributed by atoms with Crippen molar-refractivity contribution in [2.45, 2.75) is 46.1 Å². The number of hydrogen-bond donors (Lipinski definition) is 2. The third kappa shape index (κ3) is 3.94. The maximum atomic E-state index is 11.7. The number of nitrogens with one attached hydrogen (secondary N) is 2. The molecule has 0 amide bonds. The molecule has 4 heteroatoms. The summed E-state index contributed by atoms with van der Waals surface area (Å²) < 4.78 is 0. The average Bonchev–Trinajstić information content (AvgIpc) is 2.46. The Morgan fingerprint density at radius 1 is 1.19 bits per heavy atom. The van der Waals surface area contributed by atoms with Crippen LogP contribution < -0.4 is 10.9 Å². The lowest BCUT2D eigenvalue weighted by Crippen LogP contribution is -2.16. The second-order valence-electron chi connectivity index (χ2n) is 5.63. The number of aryl methyl sites for hydroxylation is 1. The zero-order valence-electron chi connectivity index (χ0n) is 13.1. The molecule has 2 rings (SSSR count). The molecule has 4 nitrogen and oxygen atoms in total. The van der Waals surface area contributed by atoms with E-state index in [0.29, 0.717) is 11.6 Å². The monoisotopic (exact) mass is 285 g/mol. The normalized spacial score (nSPS) is 12.4. The largest absolute Gasteiger partial charge is 0.363 e. The van der Waals surface area contributed by atoms with E-state index < -0.39 is 0 Å². The molecule has 1 unspecified atom stereocenters. The molecule has 1 atom stereocenters. The van der Waals surface area contributed by atoms with Gasteiger partial charge in [-0.05, 0) is 24.5 Å². The summed E-state index contributed by atoms with van der Waals surface area (Å²) in [6.07, 6.45) is 1.04. The third-order valence-corrected chi connectivity index (χ3v) is 3.56. The van der Waals surface area contributed by atoms with E-state index >= 15 is 0 Å². The second-order valence-corrected chi connectivity index (χ2v) is 5.63. The topological polar surface area (TPSA) is 57.8 Å². The Morgan fingerprint density at radius 2 is 1.86 bits per heavy atom. The molecule has 0 saturated heterocycles. The van der Waals surface area contributed by atoms with E-state index in [2.05, 4.69) is 53.4 Å². The maximum absolute atomic E-state index is 11.7. The van der Waals surface area contributed by atoms with Crippen LogP contribution in [0, 0.1) is 0 Å². The molecule has 0 bridgehead atoms. The van der Waals surface area contributed by atoms with E-state index in [9.17, 15) is 4.79 Å². The van der Waals surface area contributed by atoms with Crippen molar-refractivity contribution in [1.29, 1.82) is 0 Å². The number of nitrogens with zero attached hydrogens (tertiary/aromatic N) is 1. The molecule has 2 aromatic rings. The summed E-state index contributed by atoms with van der Waals surface area (Å²) in [5.74, 6) is 1.52. The van der Waals surface area contributed by atoms with Crippen LogP contribution in [0.25, 0.3) is 0 Å². The highest BCUT2D eigenvalue weighted by atomic mass is 16.1. The van der Waals surface area contributed by atoms with Gasteiger partial charge in [-0.15, -0.1) is 0 Å². The minimum absolute atomic E-state index is 0.102. The standard InChI is InChI=1S/C17H23N3O/c1-5-13-6-8-14(9-7-13)12(4)18-15-10-16(21)20-17(19-15)11(2)3/h6-12H,5H2,1-4H3,(H2,18,19,20,21). The molecule has 112 valence electrons. The van der Waals surface area contributed by atoms with Crippen molar-refractivity contribution < 1.29 is 0 Å². The minimum atomic E-state index is -0.121. The van der Waals surface area contributed by atoms with Gasteiger partial charge >= 0.3 is 0 Å². The summed E-state index contributed by atoms with van der Waals surface area (Å²) in [6, 6.07) is 10.1. The molecular weight excluding hydrogens is 262 g/mol. The summed E-state index contributed by atoms with van der Waals surface area (Å²) in [4.78, 5) is 18.9. The predicted molar refractivity (Wildman–Crippen MR) is 86.8 cm³/mol. The van der Waals surface area contributed by atoms with E-state index in [4.69, 9.17) is 0 Å². The second kappa shape index (κ2) is 6.57. The van der Waals surface area contributed by atoms with Gasteiger partial charge in [0.2, 0.25) is 0 Å². The summed E-state index contributed by atoms with van der Waals surface area (Å²) in [7, 11) is 0. The van der Waals surface area contributed by atoms with Crippen LogP contribution in [0.15, 0.2) is 35.1 Å². The number of aromatic amines is 1. The van der Waals surface area contributed by atoms with Crippen LogP contribution in [0.1, 0.15) is 56.6 Å². The lowest BCUT2D eigenvalue weighted by Gasteiger charge is -2.16. The van der Waals surface area contributed by atoms with Gasteiger partial charge in [0.1, 0.15) is 11.6 Å². The first-order valence-electron chi connectivity index (χ1n) is 7.46. The number of aromatic nitrogens is 2. The first-order valence-corrected chi connectivity index (χ1v) is 7.46. The minimum Gasteiger partial charge on any atom is -0.363 e. The fraction of sp³-hybridized carbons (Fsp3) is 0.412. The maximum Gasteiger partial charge on any atom is 0.252 e. The van der Waals surface area contributed by atoms with Crippen LogP contribution >= 0.6 is 0 Å². The number of benzene rings is 1. The number of rotatable bonds is 5. The van der Waals surface area contributed by atoms with Gasteiger partial charge in [-0.3, -0.25) is 4.79 Å². The van der Waals surface area contributed by atoms with Gasteiger partial charge < -0.3 is 10.3 Å². The van der Waals surface area contributed by atoms with Crippen molar-refractivity contribution >= 4 is 5.82 Å². The van der Waals surface area contributed by atoms with Crippen molar-refractivity contribution in [3.05, 3.63) is 57.6 Å². The van der Waals surface area contributed by atoms with E-state index in [1.54, 1.807) is 0 Å². The van der Waals surface area contributed by atoms with Gasteiger partial charge in [0, 0.05) is 18.0 Å². The molecule has 21 heavy (non-hydrogen) atoms. The van der Waals surface area contributed by atoms with Crippen molar-refractivity contribution in [2.24, 2.45) is 0 Å².